The van der Waals surface area contributed by atoms with Crippen molar-refractivity contribution in [1.82, 2.24) is 4.98 Å². The van der Waals surface area contributed by atoms with Gasteiger partial charge < -0.3 is 0 Å². The van der Waals surface area contributed by atoms with E-state index in [-0.39, 0.29) is 11.4 Å². The van der Waals surface area contributed by atoms with Crippen LogP contribution >= 0.6 is 22.7 Å². The number of ketones is 1. The van der Waals surface area contributed by atoms with Crippen molar-refractivity contribution in [3.63, 3.8) is 0 Å². The number of Topliss-reactive ketones (excluding diaryl/α,β-unsaturated/α-hetero) is 1. The maximum Gasteiger partial charge on any atom is 0.203 e. The van der Waals surface area contributed by atoms with Crippen molar-refractivity contribution in [3.05, 3.63) is 70.1 Å². The summed E-state index contributed by atoms with van der Waals surface area (Å²) >= 11 is 3.11. The van der Waals surface area contributed by atoms with Gasteiger partial charge in [0.25, 0.3) is 0 Å². The molecule has 0 aliphatic heterocycles. The van der Waals surface area contributed by atoms with Crippen LogP contribution in [-0.2, 0) is 0 Å². The second-order valence-electron chi connectivity index (χ2n) is 4.42. The average Bonchev–Trinajstić information content (AvgIpc) is 3.24. The lowest BCUT2D eigenvalue weighted by Gasteiger charge is -1.97. The van der Waals surface area contributed by atoms with Crippen molar-refractivity contribution in [3.8, 4) is 16.0 Å². The molecular formula is C17H10N2OS2. The molecule has 0 radical (unpaired) electrons. The summed E-state index contributed by atoms with van der Waals surface area (Å²) in [4.78, 5) is 17.8. The minimum atomic E-state index is -0.284. The van der Waals surface area contributed by atoms with Crippen LogP contribution in [-0.4, -0.2) is 10.8 Å². The number of carbonyl (C=O) groups excluding carboxylic acids is 1. The molecule has 0 saturated carbocycles. The van der Waals surface area contributed by atoms with E-state index in [4.69, 9.17) is 0 Å². The third kappa shape index (κ3) is 3.03. The molecule has 2 aromatic heterocycles. The Hall–Kier alpha value is -2.55. The molecule has 0 unspecified atom stereocenters. The molecule has 0 amide bonds. The SMILES string of the molecule is N#CC(=Cc1csc(-c2cccs2)n1)C(=O)c1ccccc1. The molecule has 3 aromatic rings. The van der Waals surface area contributed by atoms with Crippen molar-refractivity contribution < 1.29 is 4.79 Å². The largest absolute Gasteiger partial charge is 0.288 e. The van der Waals surface area contributed by atoms with Gasteiger partial charge in [-0.05, 0) is 17.5 Å². The van der Waals surface area contributed by atoms with E-state index in [9.17, 15) is 10.1 Å². The van der Waals surface area contributed by atoms with Crippen LogP contribution in [0.2, 0.25) is 0 Å². The topological polar surface area (TPSA) is 53.8 Å². The number of hydrogen-bond acceptors (Lipinski definition) is 5. The van der Waals surface area contributed by atoms with Gasteiger partial charge in [-0.2, -0.15) is 5.26 Å². The first-order valence-electron chi connectivity index (χ1n) is 6.49. The zero-order chi connectivity index (χ0) is 15.4. The molecule has 3 nitrogen and oxygen atoms in total. The Morgan fingerprint density at radius 3 is 2.64 bits per heavy atom. The van der Waals surface area contributed by atoms with Gasteiger partial charge in [-0.3, -0.25) is 4.79 Å². The predicted octanol–water partition coefficient (Wildman–Crippen LogP) is 4.66. The fraction of sp³-hybridized carbons (Fsp3) is 0. The van der Waals surface area contributed by atoms with Gasteiger partial charge in [0.15, 0.2) is 0 Å². The Morgan fingerprint density at radius 1 is 1.14 bits per heavy atom. The molecule has 0 aliphatic carbocycles. The van der Waals surface area contributed by atoms with E-state index in [0.717, 1.165) is 9.88 Å². The summed E-state index contributed by atoms with van der Waals surface area (Å²) in [6.07, 6.45) is 1.54. The summed E-state index contributed by atoms with van der Waals surface area (Å²) < 4.78 is 0. The molecule has 5 heteroatoms. The van der Waals surface area contributed by atoms with Gasteiger partial charge in [-0.25, -0.2) is 4.98 Å². The molecule has 0 saturated heterocycles. The van der Waals surface area contributed by atoms with Crippen LogP contribution in [0, 0.1) is 11.3 Å². The van der Waals surface area contributed by atoms with E-state index in [1.54, 1.807) is 41.7 Å². The van der Waals surface area contributed by atoms with Crippen molar-refractivity contribution >= 4 is 34.5 Å². The first-order valence-corrected chi connectivity index (χ1v) is 8.25. The van der Waals surface area contributed by atoms with E-state index in [2.05, 4.69) is 4.98 Å². The Bertz CT molecular complexity index is 856. The maximum atomic E-state index is 12.3. The number of rotatable bonds is 4. The highest BCUT2D eigenvalue weighted by Crippen LogP contribution is 2.28. The summed E-state index contributed by atoms with van der Waals surface area (Å²) in [6, 6.07) is 14.7. The molecule has 22 heavy (non-hydrogen) atoms. The van der Waals surface area contributed by atoms with Crippen LogP contribution in [0.1, 0.15) is 16.1 Å². The lowest BCUT2D eigenvalue weighted by molar-refractivity contribution is 0.104. The minimum Gasteiger partial charge on any atom is -0.288 e. The highest BCUT2D eigenvalue weighted by Gasteiger charge is 2.13. The number of allylic oxidation sites excluding steroid dienone is 1. The van der Waals surface area contributed by atoms with Crippen LogP contribution in [0.3, 0.4) is 0 Å². The molecule has 0 N–H and O–H groups in total. The van der Waals surface area contributed by atoms with Gasteiger partial charge in [0.1, 0.15) is 16.6 Å². The fourth-order valence-electron chi connectivity index (χ4n) is 1.91. The van der Waals surface area contributed by atoms with Gasteiger partial charge >= 0.3 is 0 Å². The molecule has 0 aliphatic rings. The lowest BCUT2D eigenvalue weighted by Crippen LogP contribution is -2.01. The van der Waals surface area contributed by atoms with Crippen LogP contribution < -0.4 is 0 Å². The maximum absolute atomic E-state index is 12.3. The van der Waals surface area contributed by atoms with Crippen molar-refractivity contribution in [1.29, 1.82) is 5.26 Å². The second kappa shape index (κ2) is 6.48. The summed E-state index contributed by atoms with van der Waals surface area (Å²) in [5.74, 6) is -0.284. The van der Waals surface area contributed by atoms with E-state index in [0.29, 0.717) is 11.3 Å². The average molecular weight is 322 g/mol. The van der Waals surface area contributed by atoms with Crippen LogP contribution in [0.25, 0.3) is 16.0 Å². The number of aromatic nitrogens is 1. The van der Waals surface area contributed by atoms with E-state index >= 15 is 0 Å². The number of nitrogens with zero attached hydrogens (tertiary/aromatic N) is 2. The van der Waals surface area contributed by atoms with Crippen molar-refractivity contribution in [2.75, 3.05) is 0 Å². The molecule has 0 spiro atoms. The van der Waals surface area contributed by atoms with Gasteiger partial charge in [0.05, 0.1) is 10.6 Å². The van der Waals surface area contributed by atoms with E-state index < -0.39 is 0 Å². The lowest BCUT2D eigenvalue weighted by atomic mass is 10.0. The summed E-state index contributed by atoms with van der Waals surface area (Å²) in [6.45, 7) is 0. The van der Waals surface area contributed by atoms with Crippen LogP contribution in [0.15, 0.2) is 58.8 Å². The van der Waals surface area contributed by atoms with Gasteiger partial charge in [-0.15, -0.1) is 22.7 Å². The molecule has 106 valence electrons. The molecule has 2 heterocycles. The van der Waals surface area contributed by atoms with Crippen molar-refractivity contribution in [2.45, 2.75) is 0 Å². The Labute approximate surface area is 135 Å². The van der Waals surface area contributed by atoms with Gasteiger partial charge in [0.2, 0.25) is 5.78 Å². The summed E-state index contributed by atoms with van der Waals surface area (Å²) in [7, 11) is 0. The monoisotopic (exact) mass is 322 g/mol. The third-order valence-electron chi connectivity index (χ3n) is 2.95. The molecular weight excluding hydrogens is 312 g/mol. The fourth-order valence-corrected chi connectivity index (χ4v) is 3.50. The predicted molar refractivity (Wildman–Crippen MR) is 89.8 cm³/mol. The van der Waals surface area contributed by atoms with E-state index in [1.165, 1.54) is 11.3 Å². The highest BCUT2D eigenvalue weighted by molar-refractivity contribution is 7.20. The Morgan fingerprint density at radius 2 is 1.95 bits per heavy atom. The number of hydrogen-bond donors (Lipinski definition) is 0. The first kappa shape index (κ1) is 14.4. The zero-order valence-corrected chi connectivity index (χ0v) is 13.0. The minimum absolute atomic E-state index is 0.0919. The Balaban J connectivity index is 1.90. The van der Waals surface area contributed by atoms with Crippen LogP contribution in [0.5, 0.6) is 0 Å². The normalized spacial score (nSPS) is 11.1. The summed E-state index contributed by atoms with van der Waals surface area (Å²) in [5.41, 5.74) is 1.23. The third-order valence-corrected chi connectivity index (χ3v) is 4.85. The number of nitriles is 1. The van der Waals surface area contributed by atoms with E-state index in [1.807, 2.05) is 35.0 Å². The highest BCUT2D eigenvalue weighted by atomic mass is 32.1. The quantitative estimate of drug-likeness (QED) is 0.399. The smallest absolute Gasteiger partial charge is 0.203 e. The number of benzene rings is 1. The van der Waals surface area contributed by atoms with Gasteiger partial charge in [-0.1, -0.05) is 36.4 Å². The number of thiazole rings is 1. The zero-order valence-electron chi connectivity index (χ0n) is 11.4. The Kier molecular flexibility index (Phi) is 4.24. The molecule has 0 atom stereocenters. The molecule has 3 rings (SSSR count). The first-order chi connectivity index (χ1) is 10.8. The molecule has 1 aromatic carbocycles. The molecule has 0 fully saturated rings. The second-order valence-corrected chi connectivity index (χ2v) is 6.23. The molecule has 0 bridgehead atoms. The standard InChI is InChI=1S/C17H10N2OS2/c18-10-13(16(20)12-5-2-1-3-6-12)9-14-11-22-17(19-14)15-7-4-8-21-15/h1-9,11H. The van der Waals surface area contributed by atoms with Crippen molar-refractivity contribution in [2.24, 2.45) is 0 Å². The van der Waals surface area contributed by atoms with Gasteiger partial charge in [0, 0.05) is 10.9 Å². The summed E-state index contributed by atoms with van der Waals surface area (Å²) in [5, 5.41) is 14.0. The number of thiophene rings is 1. The van der Waals surface area contributed by atoms with Crippen LogP contribution in [0.4, 0.5) is 0 Å². The number of carbonyl (C=O) groups is 1.